The van der Waals surface area contributed by atoms with Crippen molar-refractivity contribution in [2.24, 2.45) is 0 Å². The van der Waals surface area contributed by atoms with Crippen LogP contribution in [-0.4, -0.2) is 9.13 Å². The largest absolute Gasteiger partial charge is 0.417 e. The molecule has 0 radical (unpaired) electrons. The first-order valence-corrected chi connectivity index (χ1v) is 25.9. The lowest BCUT2D eigenvalue weighted by Gasteiger charge is -2.21. The molecule has 86 heavy (non-hydrogen) atoms. The molecule has 0 fully saturated rings. The molecule has 0 aliphatic rings. The molecule has 0 N–H and O–H groups in total. The van der Waals surface area contributed by atoms with Crippen LogP contribution in [0.2, 0.25) is 0 Å². The number of nitriles is 8. The molecule has 12 aromatic rings. The number of alkyl halides is 6. The summed E-state index contributed by atoms with van der Waals surface area (Å²) in [6.07, 6.45) is -10.5. The van der Waals surface area contributed by atoms with E-state index in [0.29, 0.717) is 88.1 Å². The smallest absolute Gasteiger partial charge is 0.309 e. The van der Waals surface area contributed by atoms with Crippen LogP contribution in [0.4, 0.5) is 26.3 Å². The minimum atomic E-state index is -5.24. The summed E-state index contributed by atoms with van der Waals surface area (Å²) in [5, 5.41) is 81.4. The first-order valence-electron chi connectivity index (χ1n) is 25.9. The third kappa shape index (κ3) is 9.43. The van der Waals surface area contributed by atoms with Gasteiger partial charge in [-0.05, 0) is 189 Å². The minimum Gasteiger partial charge on any atom is -0.309 e. The van der Waals surface area contributed by atoms with Crippen LogP contribution in [0.3, 0.4) is 0 Å². The number of rotatable bonds is 7. The van der Waals surface area contributed by atoms with Crippen molar-refractivity contribution in [2.45, 2.75) is 12.4 Å². The standard InChI is InChI=1S/C70H30F6N10/c71-69(72,73)63-11-5-55(85-65-25-47(51-17-39(31-77)13-40(18-51)32-78)1-7-57(65)58-8-2-48(26-66(58)85)52-19-41(33-79)14-42(20-52)34-80)29-61(63)62-30-56(6-12-64(62)70(74,75)76)86-67-27-49(53-21-43(35-81)15-44(22-53)36-82)3-9-59(67)60-10-4-50(28-68(60)86)54-23-45(37-83)16-46(24-54)38-84/h1-30H. The van der Waals surface area contributed by atoms with E-state index in [1.165, 1.54) is 24.3 Å². The molecule has 0 aliphatic heterocycles. The van der Waals surface area contributed by atoms with Gasteiger partial charge in [0.25, 0.3) is 0 Å². The van der Waals surface area contributed by atoms with Crippen molar-refractivity contribution in [1.29, 1.82) is 42.1 Å². The molecule has 0 amide bonds. The monoisotopic (exact) mass is 1120 g/mol. The fourth-order valence-electron chi connectivity index (χ4n) is 11.3. The molecule has 0 saturated heterocycles. The Kier molecular flexibility index (Phi) is 13.0. The molecule has 2 heterocycles. The van der Waals surface area contributed by atoms with Crippen LogP contribution in [0, 0.1) is 90.6 Å². The summed E-state index contributed by atoms with van der Waals surface area (Å²) in [7, 11) is 0. The highest BCUT2D eigenvalue weighted by Gasteiger charge is 2.39. The van der Waals surface area contributed by atoms with Gasteiger partial charge in [-0.25, -0.2) is 0 Å². The van der Waals surface area contributed by atoms with Crippen LogP contribution in [0.15, 0.2) is 182 Å². The van der Waals surface area contributed by atoms with Crippen molar-refractivity contribution in [2.75, 3.05) is 0 Å². The first kappa shape index (κ1) is 53.9. The quantitative estimate of drug-likeness (QED) is 0.140. The summed E-state index contributed by atoms with van der Waals surface area (Å²) >= 11 is 0. The number of fused-ring (bicyclic) bond motifs is 6. The topological polar surface area (TPSA) is 200 Å². The third-order valence-corrected chi connectivity index (χ3v) is 15.1. The van der Waals surface area contributed by atoms with Gasteiger partial charge in [0.1, 0.15) is 0 Å². The van der Waals surface area contributed by atoms with Crippen LogP contribution in [0.1, 0.15) is 55.6 Å². The van der Waals surface area contributed by atoms with Gasteiger partial charge in [-0.2, -0.15) is 68.4 Å². The van der Waals surface area contributed by atoms with E-state index in [-0.39, 0.29) is 55.9 Å². The summed E-state index contributed by atoms with van der Waals surface area (Å²) in [6.45, 7) is 0. The van der Waals surface area contributed by atoms with Gasteiger partial charge >= 0.3 is 12.4 Å². The number of benzene rings is 10. The summed E-state index contributed by atoms with van der Waals surface area (Å²) in [5.41, 5.74) is 2.15. The van der Waals surface area contributed by atoms with Crippen LogP contribution in [0.25, 0.3) is 111 Å². The number of halogens is 6. The van der Waals surface area contributed by atoms with Gasteiger partial charge in [0.05, 0.1) is 126 Å². The van der Waals surface area contributed by atoms with Crippen molar-refractivity contribution >= 4 is 43.6 Å². The second kappa shape index (κ2) is 20.7. The van der Waals surface area contributed by atoms with Crippen LogP contribution in [0.5, 0.6) is 0 Å². The highest BCUT2D eigenvalue weighted by atomic mass is 19.4. The van der Waals surface area contributed by atoms with Gasteiger partial charge in [-0.3, -0.25) is 0 Å². The molecular formula is C70H30F6N10. The lowest BCUT2D eigenvalue weighted by Crippen LogP contribution is -2.12. The zero-order valence-corrected chi connectivity index (χ0v) is 44.1. The molecule has 10 aromatic carbocycles. The Hall–Kier alpha value is -12.7. The third-order valence-electron chi connectivity index (χ3n) is 15.1. The fourth-order valence-corrected chi connectivity index (χ4v) is 11.3. The summed E-state index contributed by atoms with van der Waals surface area (Å²) in [6, 6.07) is 61.3. The van der Waals surface area contributed by atoms with Gasteiger partial charge in [0.2, 0.25) is 0 Å². The molecule has 10 nitrogen and oxygen atoms in total. The zero-order valence-electron chi connectivity index (χ0n) is 44.1. The number of nitrogens with zero attached hydrogens (tertiary/aromatic N) is 10. The van der Waals surface area contributed by atoms with Crippen molar-refractivity contribution in [3.8, 4) is 116 Å². The molecule has 0 unspecified atom stereocenters. The highest BCUT2D eigenvalue weighted by Crippen LogP contribution is 2.47. The van der Waals surface area contributed by atoms with Crippen molar-refractivity contribution in [1.82, 2.24) is 9.13 Å². The Morgan fingerprint density at radius 2 is 0.465 bits per heavy atom. The molecule has 12 rings (SSSR count). The normalized spacial score (nSPS) is 11.3. The van der Waals surface area contributed by atoms with Crippen LogP contribution >= 0.6 is 0 Å². The Balaban J connectivity index is 1.16. The van der Waals surface area contributed by atoms with Crippen LogP contribution in [-0.2, 0) is 12.4 Å². The maximum atomic E-state index is 15.8. The van der Waals surface area contributed by atoms with E-state index in [0.717, 1.165) is 36.4 Å². The molecule has 16 heteroatoms. The SMILES string of the molecule is N#Cc1cc(C#N)cc(-c2ccc3c4ccc(-c5cc(C#N)cc(C#N)c5)cc4n(-c4ccc(C(F)(F)F)c(-c5cc(-n6c7cc(-c8cc(C#N)cc(C#N)c8)ccc7c7ccc(-c8cc(C#N)cc(C#N)c8)cc76)ccc5C(F)(F)F)c4)c3c2)c1. The number of aromatic nitrogens is 2. The van der Waals surface area contributed by atoms with E-state index in [1.54, 1.807) is 130 Å². The number of hydrogen-bond acceptors (Lipinski definition) is 8. The Bertz CT molecular complexity index is 4610. The molecule has 0 bridgehead atoms. The Morgan fingerprint density at radius 3 is 0.663 bits per heavy atom. The van der Waals surface area contributed by atoms with E-state index >= 15 is 26.3 Å². The zero-order chi connectivity index (χ0) is 60.3. The second-order valence-electron chi connectivity index (χ2n) is 20.1. The molecule has 0 atom stereocenters. The van der Waals surface area contributed by atoms with Gasteiger partial charge < -0.3 is 9.13 Å². The van der Waals surface area contributed by atoms with Crippen molar-refractivity contribution < 1.29 is 26.3 Å². The van der Waals surface area contributed by atoms with E-state index in [4.69, 9.17) is 0 Å². The van der Waals surface area contributed by atoms with Gasteiger partial charge in [0, 0.05) is 32.9 Å². The fraction of sp³-hybridized carbons (Fsp3) is 0.0286. The molecular weight excluding hydrogens is 1090 g/mol. The van der Waals surface area contributed by atoms with Gasteiger partial charge in [0.15, 0.2) is 0 Å². The second-order valence-corrected chi connectivity index (χ2v) is 20.1. The van der Waals surface area contributed by atoms with Gasteiger partial charge in [-0.15, -0.1) is 0 Å². The molecule has 402 valence electrons. The highest BCUT2D eigenvalue weighted by molar-refractivity contribution is 6.13. The maximum absolute atomic E-state index is 15.8. The van der Waals surface area contributed by atoms with E-state index in [9.17, 15) is 42.1 Å². The predicted molar refractivity (Wildman–Crippen MR) is 310 cm³/mol. The lowest BCUT2D eigenvalue weighted by molar-refractivity contribution is -0.139. The van der Waals surface area contributed by atoms with Gasteiger partial charge in [-0.1, -0.05) is 48.5 Å². The van der Waals surface area contributed by atoms with E-state index in [2.05, 4.69) is 48.6 Å². The predicted octanol–water partition coefficient (Wildman–Crippen LogP) is 17.2. The minimum absolute atomic E-state index is 0.00775. The van der Waals surface area contributed by atoms with E-state index in [1.807, 2.05) is 0 Å². The Morgan fingerprint density at radius 1 is 0.244 bits per heavy atom. The van der Waals surface area contributed by atoms with Crippen molar-refractivity contribution in [3.05, 3.63) is 238 Å². The molecule has 0 aliphatic carbocycles. The summed E-state index contributed by atoms with van der Waals surface area (Å²) < 4.78 is 98.1. The summed E-state index contributed by atoms with van der Waals surface area (Å²) in [5.74, 6) is 0. The first-order chi connectivity index (χ1) is 41.4. The number of hydrogen-bond donors (Lipinski definition) is 0. The molecule has 0 saturated carbocycles. The molecule has 0 spiro atoms. The van der Waals surface area contributed by atoms with E-state index < -0.39 is 34.6 Å². The average Bonchev–Trinajstić information content (AvgIpc) is 1.60. The lowest BCUT2D eigenvalue weighted by atomic mass is 9.93. The van der Waals surface area contributed by atoms with Crippen LogP contribution < -0.4 is 0 Å². The maximum Gasteiger partial charge on any atom is 0.417 e. The molecule has 2 aromatic heterocycles. The summed E-state index contributed by atoms with van der Waals surface area (Å²) in [4.78, 5) is 0. The van der Waals surface area contributed by atoms with Crippen molar-refractivity contribution in [3.63, 3.8) is 0 Å². The Labute approximate surface area is 484 Å². The average molecular weight is 1130 g/mol.